The van der Waals surface area contributed by atoms with Gasteiger partial charge in [-0.05, 0) is 32.0 Å². The van der Waals surface area contributed by atoms with Gasteiger partial charge in [-0.2, -0.15) is 5.26 Å². The molecule has 0 aliphatic carbocycles. The molecule has 1 aliphatic rings. The minimum absolute atomic E-state index is 0.102. The summed E-state index contributed by atoms with van der Waals surface area (Å²) in [5, 5.41) is 12.2. The van der Waals surface area contributed by atoms with Gasteiger partial charge in [0.2, 0.25) is 5.91 Å². The van der Waals surface area contributed by atoms with Gasteiger partial charge in [-0.1, -0.05) is 11.6 Å². The third kappa shape index (κ3) is 4.86. The zero-order valence-corrected chi connectivity index (χ0v) is 17.0. The van der Waals surface area contributed by atoms with Crippen LogP contribution in [0.15, 0.2) is 24.5 Å². The lowest BCUT2D eigenvalue weighted by molar-refractivity contribution is -0.359. The Bertz CT molecular complexity index is 1040. The van der Waals surface area contributed by atoms with Crippen LogP contribution < -0.4 is 5.32 Å². The minimum Gasteiger partial charge on any atom is -0.356 e. The summed E-state index contributed by atoms with van der Waals surface area (Å²) in [5.74, 6) is -1.73. The quantitative estimate of drug-likeness (QED) is 0.688. The molecule has 2 aromatic rings. The summed E-state index contributed by atoms with van der Waals surface area (Å²) in [6.45, 7) is 2.62. The largest absolute Gasteiger partial charge is 0.522 e. The number of hydrogen-bond donors (Lipinski definition) is 1. The summed E-state index contributed by atoms with van der Waals surface area (Å²) in [4.78, 5) is 21.4. The first-order chi connectivity index (χ1) is 14.5. The molecule has 1 saturated heterocycles. The molecule has 3 atom stereocenters. The number of ether oxygens (including phenoxy) is 1. The Balaban J connectivity index is 1.75. The van der Waals surface area contributed by atoms with E-state index < -0.39 is 36.3 Å². The standard InChI is InChI=1S/C19H16ClF4N5O2/c1-9(18(30)29-7-14(10(29)2)31-19(22,23)24)28-17-15(21)16(26-8-27-17)13-4-3-12(20)5-11(13)6-25/h3-5,8-10,14H,7H2,1-2H3,(H,26,27,28)/t9-,10+,14+/m1/s1. The molecule has 7 nitrogen and oxygen atoms in total. The smallest absolute Gasteiger partial charge is 0.356 e. The molecule has 1 amide bonds. The first-order valence-corrected chi connectivity index (χ1v) is 9.41. The average molecular weight is 458 g/mol. The number of nitrogens with zero attached hydrogens (tertiary/aromatic N) is 4. The first-order valence-electron chi connectivity index (χ1n) is 9.04. The SMILES string of the molecule is C[C@@H](Nc1ncnc(-c2ccc(Cl)cc2C#N)c1F)C(=O)N1C[C@H](OC(F)(F)F)[C@@H]1C. The van der Waals surface area contributed by atoms with Crippen molar-refractivity contribution >= 4 is 23.3 Å². The molecule has 12 heteroatoms. The van der Waals surface area contributed by atoms with Crippen LogP contribution >= 0.6 is 11.6 Å². The number of aromatic nitrogens is 2. The molecule has 1 aliphatic heterocycles. The fourth-order valence-electron chi connectivity index (χ4n) is 3.16. The van der Waals surface area contributed by atoms with E-state index in [2.05, 4.69) is 20.0 Å². The number of anilines is 1. The van der Waals surface area contributed by atoms with Crippen molar-refractivity contribution in [3.8, 4) is 17.3 Å². The fourth-order valence-corrected chi connectivity index (χ4v) is 3.33. The third-order valence-electron chi connectivity index (χ3n) is 4.84. The second-order valence-corrected chi connectivity index (χ2v) is 7.32. The van der Waals surface area contributed by atoms with Crippen LogP contribution in [0.3, 0.4) is 0 Å². The number of amides is 1. The molecule has 2 heterocycles. The molecular weight excluding hydrogens is 442 g/mol. The van der Waals surface area contributed by atoms with E-state index in [1.807, 2.05) is 6.07 Å². The molecule has 0 saturated carbocycles. The second-order valence-electron chi connectivity index (χ2n) is 6.89. The Labute approximate surface area is 179 Å². The topological polar surface area (TPSA) is 91.1 Å². The number of carbonyl (C=O) groups excluding carboxylic acids is 1. The molecule has 1 aromatic heterocycles. The van der Waals surface area contributed by atoms with Crippen molar-refractivity contribution in [2.24, 2.45) is 0 Å². The molecule has 0 bridgehead atoms. The summed E-state index contributed by atoms with van der Waals surface area (Å²) < 4.78 is 56.0. The average Bonchev–Trinajstić information content (AvgIpc) is 2.71. The summed E-state index contributed by atoms with van der Waals surface area (Å²) in [5.41, 5.74) is 0.129. The predicted molar refractivity (Wildman–Crippen MR) is 102 cm³/mol. The maximum absolute atomic E-state index is 15.0. The van der Waals surface area contributed by atoms with Crippen LogP contribution in [-0.4, -0.2) is 51.9 Å². The van der Waals surface area contributed by atoms with E-state index in [-0.39, 0.29) is 29.2 Å². The van der Waals surface area contributed by atoms with Crippen molar-refractivity contribution in [1.82, 2.24) is 14.9 Å². The Morgan fingerprint density at radius 3 is 2.74 bits per heavy atom. The van der Waals surface area contributed by atoms with Gasteiger partial charge >= 0.3 is 6.36 Å². The number of likely N-dealkylation sites (tertiary alicyclic amines) is 1. The lowest BCUT2D eigenvalue weighted by Gasteiger charge is -2.46. The highest BCUT2D eigenvalue weighted by atomic mass is 35.5. The molecule has 0 unspecified atom stereocenters. The summed E-state index contributed by atoms with van der Waals surface area (Å²) in [6, 6.07) is 4.40. The van der Waals surface area contributed by atoms with Crippen LogP contribution in [-0.2, 0) is 9.53 Å². The minimum atomic E-state index is -4.79. The molecular formula is C19H16ClF4N5O2. The van der Waals surface area contributed by atoms with Crippen LogP contribution in [0.4, 0.5) is 23.4 Å². The highest BCUT2D eigenvalue weighted by Gasteiger charge is 2.46. The Morgan fingerprint density at radius 1 is 1.42 bits per heavy atom. The molecule has 1 N–H and O–H groups in total. The summed E-state index contributed by atoms with van der Waals surface area (Å²) in [6.07, 6.45) is -4.89. The molecule has 1 fully saturated rings. The lowest BCUT2D eigenvalue weighted by atomic mass is 9.99. The van der Waals surface area contributed by atoms with E-state index in [1.165, 1.54) is 36.9 Å². The first kappa shape index (κ1) is 22.7. The maximum atomic E-state index is 15.0. The number of rotatable bonds is 5. The summed E-state index contributed by atoms with van der Waals surface area (Å²) in [7, 11) is 0. The summed E-state index contributed by atoms with van der Waals surface area (Å²) >= 11 is 5.86. The van der Waals surface area contributed by atoms with E-state index in [4.69, 9.17) is 11.6 Å². The van der Waals surface area contributed by atoms with E-state index >= 15 is 4.39 Å². The Kier molecular flexibility index (Phi) is 6.33. The predicted octanol–water partition coefficient (Wildman–Crippen LogP) is 3.74. The van der Waals surface area contributed by atoms with E-state index in [1.54, 1.807) is 0 Å². The number of nitriles is 1. The van der Waals surface area contributed by atoms with Crippen molar-refractivity contribution in [2.45, 2.75) is 38.4 Å². The van der Waals surface area contributed by atoms with Crippen molar-refractivity contribution < 1.29 is 27.1 Å². The van der Waals surface area contributed by atoms with Crippen LogP contribution in [0, 0.1) is 17.1 Å². The number of carbonyl (C=O) groups is 1. The monoisotopic (exact) mass is 457 g/mol. The van der Waals surface area contributed by atoms with Gasteiger partial charge in [-0.3, -0.25) is 9.53 Å². The van der Waals surface area contributed by atoms with Crippen LogP contribution in [0.1, 0.15) is 19.4 Å². The number of benzene rings is 1. The highest BCUT2D eigenvalue weighted by Crippen LogP contribution is 2.31. The normalized spacial score (nSPS) is 19.4. The zero-order chi connectivity index (χ0) is 22.9. The number of hydrogen-bond acceptors (Lipinski definition) is 6. The van der Waals surface area contributed by atoms with Gasteiger partial charge in [0, 0.05) is 17.1 Å². The number of nitrogens with one attached hydrogen (secondary N) is 1. The molecule has 0 radical (unpaired) electrons. The van der Waals surface area contributed by atoms with Crippen molar-refractivity contribution in [1.29, 1.82) is 5.26 Å². The van der Waals surface area contributed by atoms with Gasteiger partial charge in [0.25, 0.3) is 0 Å². The second kappa shape index (κ2) is 8.64. The maximum Gasteiger partial charge on any atom is 0.522 e. The lowest BCUT2D eigenvalue weighted by Crippen LogP contribution is -2.65. The van der Waals surface area contributed by atoms with Gasteiger partial charge in [0.05, 0.1) is 17.7 Å². The number of alkyl halides is 3. The van der Waals surface area contributed by atoms with Crippen molar-refractivity contribution in [3.05, 3.63) is 40.9 Å². The molecule has 3 rings (SSSR count). The van der Waals surface area contributed by atoms with E-state index in [9.17, 15) is 23.2 Å². The fraction of sp³-hybridized carbons (Fsp3) is 0.368. The Hall–Kier alpha value is -2.97. The van der Waals surface area contributed by atoms with Crippen molar-refractivity contribution in [3.63, 3.8) is 0 Å². The molecule has 0 spiro atoms. The Morgan fingerprint density at radius 2 is 2.13 bits per heavy atom. The van der Waals surface area contributed by atoms with Gasteiger partial charge in [0.1, 0.15) is 24.2 Å². The zero-order valence-electron chi connectivity index (χ0n) is 16.2. The van der Waals surface area contributed by atoms with Gasteiger partial charge in [0.15, 0.2) is 11.6 Å². The van der Waals surface area contributed by atoms with Crippen LogP contribution in [0.5, 0.6) is 0 Å². The van der Waals surface area contributed by atoms with Gasteiger partial charge in [-0.25, -0.2) is 14.4 Å². The molecule has 31 heavy (non-hydrogen) atoms. The van der Waals surface area contributed by atoms with Crippen LogP contribution in [0.2, 0.25) is 5.02 Å². The van der Waals surface area contributed by atoms with Gasteiger partial charge < -0.3 is 10.2 Å². The molecule has 1 aromatic carbocycles. The van der Waals surface area contributed by atoms with E-state index in [0.29, 0.717) is 5.02 Å². The number of halogens is 5. The van der Waals surface area contributed by atoms with E-state index in [0.717, 1.165) is 6.33 Å². The van der Waals surface area contributed by atoms with Gasteiger partial charge in [-0.15, -0.1) is 13.2 Å². The highest BCUT2D eigenvalue weighted by molar-refractivity contribution is 6.30. The van der Waals surface area contributed by atoms with Crippen LogP contribution in [0.25, 0.3) is 11.3 Å². The third-order valence-corrected chi connectivity index (χ3v) is 5.08. The molecule has 164 valence electrons. The van der Waals surface area contributed by atoms with Crippen molar-refractivity contribution in [2.75, 3.05) is 11.9 Å².